The van der Waals surface area contributed by atoms with Crippen LogP contribution in [0, 0.1) is 0 Å². The molecular formula is C22H30O12. The maximum absolute atomic E-state index is 12.1. The SMILES string of the molecule is O=C(O)CC1(O)CC(=O)OC(CCC(=O)CCC(=O)CCC2CC(O)(CC(=O)O)CC(=O)O2)C1. The summed E-state index contributed by atoms with van der Waals surface area (Å²) in [5.74, 6) is -4.50. The van der Waals surface area contributed by atoms with Crippen LogP contribution in [0.5, 0.6) is 0 Å². The third-order valence-corrected chi connectivity index (χ3v) is 5.89. The smallest absolute Gasteiger partial charge is 0.309 e. The molecule has 0 aromatic heterocycles. The Balaban J connectivity index is 1.71. The van der Waals surface area contributed by atoms with Crippen molar-refractivity contribution >= 4 is 35.4 Å². The second-order valence-electron chi connectivity index (χ2n) is 9.23. The number of carbonyl (C=O) groups is 6. The molecule has 4 atom stereocenters. The Labute approximate surface area is 195 Å². The van der Waals surface area contributed by atoms with E-state index in [1.807, 2.05) is 0 Å². The number of hydrogen-bond donors (Lipinski definition) is 4. The molecule has 2 heterocycles. The van der Waals surface area contributed by atoms with Crippen LogP contribution in [0.3, 0.4) is 0 Å². The molecule has 0 radical (unpaired) electrons. The molecule has 2 saturated heterocycles. The standard InChI is InChI=1S/C22H30O12/c23-13(3-5-15-7-21(31,9-17(25)26)11-19(29)33-15)1-2-14(24)4-6-16-8-22(32,10-18(27)28)12-20(30)34-16/h15-16,31-32H,1-12H2,(H,25,26)(H,27,28). The molecule has 34 heavy (non-hydrogen) atoms. The first-order valence-corrected chi connectivity index (χ1v) is 11.1. The number of esters is 2. The van der Waals surface area contributed by atoms with Crippen LogP contribution in [0.15, 0.2) is 0 Å². The zero-order chi connectivity index (χ0) is 25.5. The van der Waals surface area contributed by atoms with Crippen LogP contribution in [0.25, 0.3) is 0 Å². The summed E-state index contributed by atoms with van der Waals surface area (Å²) >= 11 is 0. The van der Waals surface area contributed by atoms with Gasteiger partial charge in [-0.05, 0) is 12.8 Å². The fraction of sp³-hybridized carbons (Fsp3) is 0.727. The van der Waals surface area contributed by atoms with Gasteiger partial charge in [0.25, 0.3) is 0 Å². The molecule has 0 spiro atoms. The van der Waals surface area contributed by atoms with Gasteiger partial charge in [-0.3, -0.25) is 28.8 Å². The van der Waals surface area contributed by atoms with E-state index in [0.29, 0.717) is 0 Å². The molecule has 190 valence electrons. The van der Waals surface area contributed by atoms with E-state index in [2.05, 4.69) is 0 Å². The molecule has 2 aliphatic rings. The van der Waals surface area contributed by atoms with E-state index in [-0.39, 0.29) is 62.9 Å². The van der Waals surface area contributed by atoms with Crippen molar-refractivity contribution in [2.24, 2.45) is 0 Å². The number of Topliss-reactive ketones (excluding diaryl/α,β-unsaturated/α-hetero) is 2. The summed E-state index contributed by atoms with van der Waals surface area (Å²) in [5.41, 5.74) is -3.44. The third-order valence-electron chi connectivity index (χ3n) is 5.89. The first kappa shape index (κ1) is 27.4. The van der Waals surface area contributed by atoms with E-state index < -0.39 is 73.0 Å². The Hall–Kier alpha value is -2.86. The molecule has 0 saturated carbocycles. The number of ether oxygens (including phenoxy) is 2. The van der Waals surface area contributed by atoms with Gasteiger partial charge in [0.15, 0.2) is 0 Å². The molecule has 2 aliphatic heterocycles. The Bertz CT molecular complexity index is 760. The van der Waals surface area contributed by atoms with Crippen molar-refractivity contribution < 1.29 is 58.7 Å². The van der Waals surface area contributed by atoms with Gasteiger partial charge >= 0.3 is 23.9 Å². The van der Waals surface area contributed by atoms with Crippen molar-refractivity contribution in [3.8, 4) is 0 Å². The summed E-state index contributed by atoms with van der Waals surface area (Å²) < 4.78 is 10.2. The lowest BCUT2D eigenvalue weighted by molar-refractivity contribution is -0.176. The number of rotatable bonds is 13. The van der Waals surface area contributed by atoms with Gasteiger partial charge in [-0.1, -0.05) is 0 Å². The second-order valence-corrected chi connectivity index (χ2v) is 9.23. The fourth-order valence-corrected chi connectivity index (χ4v) is 4.39. The van der Waals surface area contributed by atoms with Gasteiger partial charge in [-0.25, -0.2) is 0 Å². The summed E-state index contributed by atoms with van der Waals surface area (Å²) in [7, 11) is 0. The summed E-state index contributed by atoms with van der Waals surface area (Å²) in [6, 6.07) is 0. The zero-order valence-electron chi connectivity index (χ0n) is 18.7. The lowest BCUT2D eigenvalue weighted by Gasteiger charge is -2.35. The van der Waals surface area contributed by atoms with E-state index in [1.54, 1.807) is 0 Å². The van der Waals surface area contributed by atoms with E-state index in [4.69, 9.17) is 19.7 Å². The molecule has 4 unspecified atom stereocenters. The van der Waals surface area contributed by atoms with E-state index in [1.165, 1.54) is 0 Å². The number of carboxylic acid groups (broad SMARTS) is 2. The molecular weight excluding hydrogens is 456 g/mol. The predicted molar refractivity (Wildman–Crippen MR) is 110 cm³/mol. The number of aliphatic carboxylic acids is 2. The highest BCUT2D eigenvalue weighted by molar-refractivity contribution is 5.86. The molecule has 0 aliphatic carbocycles. The summed E-state index contributed by atoms with van der Waals surface area (Å²) in [4.78, 5) is 69.4. The van der Waals surface area contributed by atoms with Crippen LogP contribution < -0.4 is 0 Å². The minimum atomic E-state index is -1.72. The summed E-state index contributed by atoms with van der Waals surface area (Å²) in [6.07, 6.45) is -3.81. The molecule has 12 nitrogen and oxygen atoms in total. The second kappa shape index (κ2) is 11.5. The minimum Gasteiger partial charge on any atom is -0.481 e. The van der Waals surface area contributed by atoms with Crippen molar-refractivity contribution in [2.45, 2.75) is 100 Å². The lowest BCUT2D eigenvalue weighted by atomic mass is 9.85. The van der Waals surface area contributed by atoms with Crippen molar-refractivity contribution in [3.05, 3.63) is 0 Å². The third kappa shape index (κ3) is 9.18. The minimum absolute atomic E-state index is 0.0170. The topological polar surface area (TPSA) is 202 Å². The van der Waals surface area contributed by atoms with Crippen LogP contribution in [0.2, 0.25) is 0 Å². The first-order valence-electron chi connectivity index (χ1n) is 11.1. The molecule has 0 amide bonds. The Morgan fingerprint density at radius 2 is 1.06 bits per heavy atom. The number of hydrogen-bond acceptors (Lipinski definition) is 10. The Kier molecular flexibility index (Phi) is 9.28. The first-order chi connectivity index (χ1) is 15.8. The monoisotopic (exact) mass is 486 g/mol. The zero-order valence-corrected chi connectivity index (χ0v) is 18.7. The average Bonchev–Trinajstić information content (AvgIpc) is 2.65. The molecule has 0 aromatic carbocycles. The van der Waals surface area contributed by atoms with E-state index in [9.17, 15) is 39.0 Å². The van der Waals surface area contributed by atoms with Gasteiger partial charge in [0.05, 0.1) is 36.9 Å². The molecule has 12 heteroatoms. The average molecular weight is 486 g/mol. The van der Waals surface area contributed by atoms with Gasteiger partial charge in [0.2, 0.25) is 0 Å². The van der Waals surface area contributed by atoms with Crippen LogP contribution in [0.1, 0.15) is 77.0 Å². The molecule has 0 bridgehead atoms. The Morgan fingerprint density at radius 1 is 0.706 bits per heavy atom. The molecule has 2 rings (SSSR count). The lowest BCUT2D eigenvalue weighted by Crippen LogP contribution is -2.44. The van der Waals surface area contributed by atoms with Crippen molar-refractivity contribution in [2.75, 3.05) is 0 Å². The van der Waals surface area contributed by atoms with Crippen LogP contribution in [-0.4, -0.2) is 79.3 Å². The molecule has 0 aromatic rings. The van der Waals surface area contributed by atoms with Crippen molar-refractivity contribution in [3.63, 3.8) is 0 Å². The maximum Gasteiger partial charge on any atom is 0.309 e. The summed E-state index contributed by atoms with van der Waals surface area (Å²) in [6.45, 7) is 0. The van der Waals surface area contributed by atoms with Crippen LogP contribution in [-0.2, 0) is 38.2 Å². The van der Waals surface area contributed by atoms with Crippen LogP contribution in [0.4, 0.5) is 0 Å². The van der Waals surface area contributed by atoms with Crippen molar-refractivity contribution in [1.29, 1.82) is 0 Å². The maximum atomic E-state index is 12.1. The number of cyclic esters (lactones) is 2. The van der Waals surface area contributed by atoms with Crippen molar-refractivity contribution in [1.82, 2.24) is 0 Å². The predicted octanol–water partition coefficient (Wildman–Crippen LogP) is 0.288. The number of carboxylic acids is 2. The number of ketones is 2. The number of carbonyl (C=O) groups excluding carboxylic acids is 4. The highest BCUT2D eigenvalue weighted by atomic mass is 16.6. The number of aliphatic hydroxyl groups is 2. The highest BCUT2D eigenvalue weighted by Crippen LogP contribution is 2.32. The van der Waals surface area contributed by atoms with Crippen LogP contribution >= 0.6 is 0 Å². The van der Waals surface area contributed by atoms with E-state index >= 15 is 0 Å². The van der Waals surface area contributed by atoms with Gasteiger partial charge in [-0.2, -0.15) is 0 Å². The Morgan fingerprint density at radius 3 is 1.38 bits per heavy atom. The van der Waals surface area contributed by atoms with E-state index in [0.717, 1.165) is 0 Å². The van der Waals surface area contributed by atoms with Gasteiger partial charge in [0, 0.05) is 38.5 Å². The highest BCUT2D eigenvalue weighted by Gasteiger charge is 2.42. The normalized spacial score (nSPS) is 29.1. The molecule has 2 fully saturated rings. The largest absolute Gasteiger partial charge is 0.481 e. The van der Waals surface area contributed by atoms with Gasteiger partial charge in [0.1, 0.15) is 23.8 Å². The van der Waals surface area contributed by atoms with Gasteiger partial charge in [-0.15, -0.1) is 0 Å². The fourth-order valence-electron chi connectivity index (χ4n) is 4.39. The summed E-state index contributed by atoms with van der Waals surface area (Å²) in [5, 5.41) is 38.4. The molecule has 4 N–H and O–H groups in total. The quantitative estimate of drug-likeness (QED) is 0.259. The van der Waals surface area contributed by atoms with Gasteiger partial charge < -0.3 is 29.9 Å².